The van der Waals surface area contributed by atoms with E-state index in [1.54, 1.807) is 11.1 Å². The predicted molar refractivity (Wildman–Crippen MR) is 89.4 cm³/mol. The second kappa shape index (κ2) is 5.58. The molecule has 4 rings (SSSR count). The first-order chi connectivity index (χ1) is 11.7. The summed E-state index contributed by atoms with van der Waals surface area (Å²) in [6.45, 7) is 1.05. The SMILES string of the molecule is COC(=O)[C@]12CCC[C@H]1CN(C(=O)c1nccc3ccccc13)C2. The molecule has 1 saturated heterocycles. The number of amides is 1. The molecule has 1 aliphatic carbocycles. The van der Waals surface area contributed by atoms with Crippen molar-refractivity contribution in [3.63, 3.8) is 0 Å². The molecular weight excluding hydrogens is 304 g/mol. The molecule has 5 heteroatoms. The quantitative estimate of drug-likeness (QED) is 0.797. The van der Waals surface area contributed by atoms with E-state index >= 15 is 0 Å². The number of aromatic nitrogens is 1. The second-order valence-corrected chi connectivity index (χ2v) is 6.80. The highest BCUT2D eigenvalue weighted by Crippen LogP contribution is 2.49. The van der Waals surface area contributed by atoms with Crippen molar-refractivity contribution in [2.75, 3.05) is 20.2 Å². The molecule has 24 heavy (non-hydrogen) atoms. The van der Waals surface area contributed by atoms with Gasteiger partial charge < -0.3 is 9.64 Å². The van der Waals surface area contributed by atoms with Gasteiger partial charge in [0.25, 0.3) is 5.91 Å². The molecule has 0 N–H and O–H groups in total. The van der Waals surface area contributed by atoms with Gasteiger partial charge in [0.05, 0.1) is 12.5 Å². The molecule has 1 amide bonds. The maximum absolute atomic E-state index is 13.1. The molecule has 1 aliphatic heterocycles. The molecule has 0 spiro atoms. The summed E-state index contributed by atoms with van der Waals surface area (Å²) in [6.07, 6.45) is 4.47. The third kappa shape index (κ3) is 2.11. The maximum Gasteiger partial charge on any atom is 0.313 e. The van der Waals surface area contributed by atoms with Crippen LogP contribution in [-0.2, 0) is 9.53 Å². The normalized spacial score (nSPS) is 25.7. The van der Waals surface area contributed by atoms with E-state index in [-0.39, 0.29) is 17.8 Å². The van der Waals surface area contributed by atoms with Crippen LogP contribution in [0.25, 0.3) is 10.8 Å². The molecule has 0 bridgehead atoms. The number of nitrogens with zero attached hydrogens (tertiary/aromatic N) is 2. The van der Waals surface area contributed by atoms with Crippen LogP contribution >= 0.6 is 0 Å². The first-order valence-electron chi connectivity index (χ1n) is 8.37. The number of carbonyl (C=O) groups excluding carboxylic acids is 2. The minimum atomic E-state index is -0.519. The maximum atomic E-state index is 13.1. The zero-order chi connectivity index (χ0) is 16.7. The summed E-state index contributed by atoms with van der Waals surface area (Å²) in [5.74, 6) is -0.0699. The first-order valence-corrected chi connectivity index (χ1v) is 8.37. The average Bonchev–Trinajstić information content (AvgIpc) is 3.18. The van der Waals surface area contributed by atoms with Crippen LogP contribution in [0.5, 0.6) is 0 Å². The zero-order valence-electron chi connectivity index (χ0n) is 13.7. The highest BCUT2D eigenvalue weighted by atomic mass is 16.5. The van der Waals surface area contributed by atoms with Gasteiger partial charge in [0, 0.05) is 24.7 Å². The molecule has 1 aromatic heterocycles. The number of pyridine rings is 1. The monoisotopic (exact) mass is 324 g/mol. The summed E-state index contributed by atoms with van der Waals surface area (Å²) < 4.78 is 5.05. The van der Waals surface area contributed by atoms with Gasteiger partial charge in [-0.05, 0) is 30.2 Å². The van der Waals surface area contributed by atoms with Crippen molar-refractivity contribution in [3.8, 4) is 0 Å². The van der Waals surface area contributed by atoms with Crippen LogP contribution in [0, 0.1) is 11.3 Å². The zero-order valence-corrected chi connectivity index (χ0v) is 13.7. The highest BCUT2D eigenvalue weighted by molar-refractivity contribution is 6.05. The van der Waals surface area contributed by atoms with Crippen molar-refractivity contribution < 1.29 is 14.3 Å². The standard InChI is InChI=1S/C19H20N2O3/c1-24-18(23)19-9-4-6-14(19)11-21(12-19)17(22)16-15-7-3-2-5-13(15)8-10-20-16/h2-3,5,7-8,10,14H,4,6,9,11-12H2,1H3/t14-,19-/m0/s1. The van der Waals surface area contributed by atoms with Crippen molar-refractivity contribution in [2.24, 2.45) is 11.3 Å². The molecule has 124 valence electrons. The second-order valence-electron chi connectivity index (χ2n) is 6.80. The van der Waals surface area contributed by atoms with Gasteiger partial charge in [-0.15, -0.1) is 0 Å². The summed E-state index contributed by atoms with van der Waals surface area (Å²) in [7, 11) is 1.43. The highest BCUT2D eigenvalue weighted by Gasteiger charge is 2.56. The number of carbonyl (C=O) groups is 2. The Balaban J connectivity index is 1.68. The fourth-order valence-electron chi connectivity index (χ4n) is 4.42. The van der Waals surface area contributed by atoms with E-state index in [1.165, 1.54) is 7.11 Å². The van der Waals surface area contributed by atoms with Crippen molar-refractivity contribution in [1.82, 2.24) is 9.88 Å². The number of ether oxygens (including phenoxy) is 1. The summed E-state index contributed by atoms with van der Waals surface area (Å²) >= 11 is 0. The fraction of sp³-hybridized carbons (Fsp3) is 0.421. The number of fused-ring (bicyclic) bond motifs is 2. The van der Waals surface area contributed by atoms with Gasteiger partial charge in [-0.25, -0.2) is 0 Å². The van der Waals surface area contributed by atoms with Crippen LogP contribution in [0.15, 0.2) is 36.5 Å². The Morgan fingerprint density at radius 3 is 2.96 bits per heavy atom. The summed E-state index contributed by atoms with van der Waals surface area (Å²) in [4.78, 5) is 31.5. The lowest BCUT2D eigenvalue weighted by Crippen LogP contribution is -2.38. The number of esters is 1. The Morgan fingerprint density at radius 1 is 1.29 bits per heavy atom. The molecule has 0 unspecified atom stereocenters. The third-order valence-electron chi connectivity index (χ3n) is 5.63. The van der Waals surface area contributed by atoms with Crippen molar-refractivity contribution in [1.29, 1.82) is 0 Å². The van der Waals surface area contributed by atoms with Crippen LogP contribution in [0.3, 0.4) is 0 Å². The summed E-state index contributed by atoms with van der Waals surface area (Å²) in [5.41, 5.74) is -0.0530. The predicted octanol–water partition coefficient (Wildman–Crippen LogP) is 2.65. The molecule has 1 aromatic carbocycles. The largest absolute Gasteiger partial charge is 0.469 e. The van der Waals surface area contributed by atoms with Crippen LogP contribution in [0.2, 0.25) is 0 Å². The molecule has 5 nitrogen and oxygen atoms in total. The van der Waals surface area contributed by atoms with Crippen LogP contribution < -0.4 is 0 Å². The van der Waals surface area contributed by atoms with E-state index in [4.69, 9.17) is 4.74 Å². The lowest BCUT2D eigenvalue weighted by Gasteiger charge is -2.25. The molecule has 2 aromatic rings. The molecule has 2 aliphatic rings. The molecule has 2 fully saturated rings. The van der Waals surface area contributed by atoms with Gasteiger partial charge >= 0.3 is 5.97 Å². The number of benzene rings is 1. The van der Waals surface area contributed by atoms with E-state index in [0.717, 1.165) is 30.0 Å². The average molecular weight is 324 g/mol. The van der Waals surface area contributed by atoms with Gasteiger partial charge in [-0.3, -0.25) is 14.6 Å². The first kappa shape index (κ1) is 15.1. The summed E-state index contributed by atoms with van der Waals surface area (Å²) in [5, 5.41) is 1.85. The summed E-state index contributed by atoms with van der Waals surface area (Å²) in [6, 6.07) is 9.66. The van der Waals surface area contributed by atoms with E-state index in [2.05, 4.69) is 4.98 Å². The Hall–Kier alpha value is -2.43. The van der Waals surface area contributed by atoms with E-state index < -0.39 is 5.41 Å². The van der Waals surface area contributed by atoms with E-state index in [9.17, 15) is 9.59 Å². The Kier molecular flexibility index (Phi) is 3.52. The van der Waals surface area contributed by atoms with E-state index in [1.807, 2.05) is 30.3 Å². The smallest absolute Gasteiger partial charge is 0.313 e. The molecule has 2 heterocycles. The topological polar surface area (TPSA) is 59.5 Å². The van der Waals surface area contributed by atoms with Crippen LogP contribution in [0.4, 0.5) is 0 Å². The molecule has 2 atom stereocenters. The molecule has 0 radical (unpaired) electrons. The van der Waals surface area contributed by atoms with Crippen molar-refractivity contribution in [3.05, 3.63) is 42.2 Å². The van der Waals surface area contributed by atoms with E-state index in [0.29, 0.717) is 18.8 Å². The fourth-order valence-corrected chi connectivity index (χ4v) is 4.42. The van der Waals surface area contributed by atoms with Crippen molar-refractivity contribution in [2.45, 2.75) is 19.3 Å². The van der Waals surface area contributed by atoms with Gasteiger partial charge in [0.2, 0.25) is 0 Å². The molecular formula is C19H20N2O3. The van der Waals surface area contributed by atoms with Gasteiger partial charge in [-0.2, -0.15) is 0 Å². The Bertz CT molecular complexity index is 814. The number of rotatable bonds is 2. The third-order valence-corrected chi connectivity index (χ3v) is 5.63. The number of likely N-dealkylation sites (tertiary alicyclic amines) is 1. The van der Waals surface area contributed by atoms with Crippen LogP contribution in [-0.4, -0.2) is 42.0 Å². The lowest BCUT2D eigenvalue weighted by molar-refractivity contribution is -0.153. The van der Waals surface area contributed by atoms with Crippen molar-refractivity contribution >= 4 is 22.6 Å². The number of methoxy groups -OCH3 is 1. The van der Waals surface area contributed by atoms with Gasteiger partial charge in [-0.1, -0.05) is 30.7 Å². The lowest BCUT2D eigenvalue weighted by atomic mass is 9.81. The molecule has 1 saturated carbocycles. The Labute approximate surface area is 140 Å². The van der Waals surface area contributed by atoms with Crippen LogP contribution in [0.1, 0.15) is 29.8 Å². The van der Waals surface area contributed by atoms with Gasteiger partial charge in [0.15, 0.2) is 0 Å². The minimum absolute atomic E-state index is 0.0931. The Morgan fingerprint density at radius 2 is 2.12 bits per heavy atom. The van der Waals surface area contributed by atoms with Gasteiger partial charge in [0.1, 0.15) is 5.69 Å². The number of hydrogen-bond donors (Lipinski definition) is 0. The number of hydrogen-bond acceptors (Lipinski definition) is 4. The minimum Gasteiger partial charge on any atom is -0.469 e.